The van der Waals surface area contributed by atoms with Gasteiger partial charge in [0.1, 0.15) is 5.82 Å². The van der Waals surface area contributed by atoms with Crippen molar-refractivity contribution in [3.05, 3.63) is 99.3 Å². The molecular formula is C27H28ClN3O. The Morgan fingerprint density at radius 3 is 2.44 bits per heavy atom. The fourth-order valence-corrected chi connectivity index (χ4v) is 4.52. The van der Waals surface area contributed by atoms with Crippen LogP contribution < -0.4 is 5.32 Å². The molecule has 164 valence electrons. The minimum atomic E-state index is -0.144. The average Bonchev–Trinajstić information content (AvgIpc) is 3.11. The fourth-order valence-electron chi connectivity index (χ4n) is 4.30. The molecular weight excluding hydrogens is 418 g/mol. The Bertz CT molecular complexity index is 1250. The molecule has 3 aromatic carbocycles. The van der Waals surface area contributed by atoms with E-state index in [-0.39, 0.29) is 5.91 Å². The molecule has 0 saturated carbocycles. The molecule has 4 aromatic rings. The minimum Gasteiger partial charge on any atom is -0.352 e. The summed E-state index contributed by atoms with van der Waals surface area (Å²) in [4.78, 5) is 17.3. The Morgan fingerprint density at radius 2 is 1.69 bits per heavy atom. The molecule has 1 aromatic heterocycles. The van der Waals surface area contributed by atoms with Gasteiger partial charge in [-0.05, 0) is 68.1 Å². The van der Waals surface area contributed by atoms with Crippen molar-refractivity contribution in [1.29, 1.82) is 0 Å². The van der Waals surface area contributed by atoms with E-state index in [1.54, 1.807) is 12.1 Å². The van der Waals surface area contributed by atoms with Gasteiger partial charge in [-0.15, -0.1) is 0 Å². The van der Waals surface area contributed by atoms with Crippen LogP contribution in [0.15, 0.2) is 60.7 Å². The van der Waals surface area contributed by atoms with Crippen LogP contribution in [0.25, 0.3) is 11.0 Å². The standard InChI is InChI=1S/C27H28ClN3O/c1-18-15-19(2)22(20(3)16-18)17-31-25-12-7-6-11-24(25)30-26(31)13-8-14-29-27(32)21-9-4-5-10-23(21)28/h4-7,9-12,15-16H,8,13-14,17H2,1-3H3,(H,29,32). The number of imidazole rings is 1. The van der Waals surface area contributed by atoms with Gasteiger partial charge in [0, 0.05) is 19.5 Å². The first kappa shape index (κ1) is 22.1. The van der Waals surface area contributed by atoms with E-state index >= 15 is 0 Å². The molecule has 0 saturated heterocycles. The highest BCUT2D eigenvalue weighted by molar-refractivity contribution is 6.33. The summed E-state index contributed by atoms with van der Waals surface area (Å²) in [7, 11) is 0. The number of rotatable bonds is 7. The third kappa shape index (κ3) is 4.71. The second-order valence-corrected chi connectivity index (χ2v) is 8.73. The summed E-state index contributed by atoms with van der Waals surface area (Å²) in [6.45, 7) is 7.85. The summed E-state index contributed by atoms with van der Waals surface area (Å²) in [5, 5.41) is 3.45. The van der Waals surface area contributed by atoms with Crippen molar-refractivity contribution in [2.24, 2.45) is 0 Å². The number of halogens is 1. The van der Waals surface area contributed by atoms with Crippen LogP contribution in [0.3, 0.4) is 0 Å². The van der Waals surface area contributed by atoms with Crippen molar-refractivity contribution in [2.75, 3.05) is 6.54 Å². The number of para-hydroxylation sites is 2. The number of nitrogens with one attached hydrogen (secondary N) is 1. The molecule has 0 aliphatic rings. The van der Waals surface area contributed by atoms with Gasteiger partial charge in [0.2, 0.25) is 0 Å². The maximum absolute atomic E-state index is 12.4. The summed E-state index contributed by atoms with van der Waals surface area (Å²) < 4.78 is 2.32. The second-order valence-electron chi connectivity index (χ2n) is 8.32. The van der Waals surface area contributed by atoms with Gasteiger partial charge in [-0.2, -0.15) is 0 Å². The van der Waals surface area contributed by atoms with Crippen LogP contribution in [-0.4, -0.2) is 22.0 Å². The van der Waals surface area contributed by atoms with E-state index in [4.69, 9.17) is 16.6 Å². The molecule has 0 radical (unpaired) electrons. The van der Waals surface area contributed by atoms with Gasteiger partial charge in [-0.1, -0.05) is 53.6 Å². The normalized spacial score (nSPS) is 11.1. The summed E-state index contributed by atoms with van der Waals surface area (Å²) >= 11 is 6.13. The van der Waals surface area contributed by atoms with E-state index in [0.29, 0.717) is 17.1 Å². The molecule has 0 spiro atoms. The smallest absolute Gasteiger partial charge is 0.252 e. The Morgan fingerprint density at radius 1 is 1.00 bits per heavy atom. The fraction of sp³-hybridized carbons (Fsp3) is 0.259. The van der Waals surface area contributed by atoms with Gasteiger partial charge in [0.25, 0.3) is 5.91 Å². The first-order chi connectivity index (χ1) is 15.4. The number of hydrogen-bond acceptors (Lipinski definition) is 2. The van der Waals surface area contributed by atoms with Crippen molar-refractivity contribution in [3.8, 4) is 0 Å². The summed E-state index contributed by atoms with van der Waals surface area (Å²) in [6.07, 6.45) is 1.58. The lowest BCUT2D eigenvalue weighted by Crippen LogP contribution is -2.25. The molecule has 1 N–H and O–H groups in total. The summed E-state index contributed by atoms with van der Waals surface area (Å²) in [5.74, 6) is 0.896. The topological polar surface area (TPSA) is 46.9 Å². The Hall–Kier alpha value is -3.11. The molecule has 1 heterocycles. The van der Waals surface area contributed by atoms with Crippen molar-refractivity contribution < 1.29 is 4.79 Å². The van der Waals surface area contributed by atoms with Gasteiger partial charge in [-0.25, -0.2) is 4.98 Å². The third-order valence-electron chi connectivity index (χ3n) is 5.87. The third-order valence-corrected chi connectivity index (χ3v) is 6.20. The number of aryl methyl sites for hydroxylation is 4. The predicted octanol–water partition coefficient (Wildman–Crippen LogP) is 6.03. The van der Waals surface area contributed by atoms with E-state index in [9.17, 15) is 4.79 Å². The lowest BCUT2D eigenvalue weighted by atomic mass is 9.99. The largest absolute Gasteiger partial charge is 0.352 e. The molecule has 1 amide bonds. The van der Waals surface area contributed by atoms with E-state index in [1.807, 2.05) is 18.2 Å². The van der Waals surface area contributed by atoms with Crippen LogP contribution >= 0.6 is 11.6 Å². The number of amides is 1. The lowest BCUT2D eigenvalue weighted by molar-refractivity contribution is 0.0953. The number of carbonyl (C=O) groups excluding carboxylic acids is 1. The van der Waals surface area contributed by atoms with E-state index in [1.165, 1.54) is 22.3 Å². The number of fused-ring (bicyclic) bond motifs is 1. The maximum Gasteiger partial charge on any atom is 0.252 e. The first-order valence-electron chi connectivity index (χ1n) is 11.0. The summed E-state index contributed by atoms with van der Waals surface area (Å²) in [5.41, 5.74) is 7.89. The van der Waals surface area contributed by atoms with Gasteiger partial charge in [0.05, 0.1) is 21.6 Å². The highest BCUT2D eigenvalue weighted by atomic mass is 35.5. The molecule has 5 heteroatoms. The van der Waals surface area contributed by atoms with Gasteiger partial charge >= 0.3 is 0 Å². The van der Waals surface area contributed by atoms with Gasteiger partial charge in [0.15, 0.2) is 0 Å². The molecule has 4 nitrogen and oxygen atoms in total. The highest BCUT2D eigenvalue weighted by Gasteiger charge is 2.14. The quantitative estimate of drug-likeness (QED) is 0.353. The van der Waals surface area contributed by atoms with Crippen LogP contribution in [0.1, 0.15) is 44.9 Å². The number of benzene rings is 3. The van der Waals surface area contributed by atoms with Gasteiger partial charge < -0.3 is 9.88 Å². The lowest BCUT2D eigenvalue weighted by Gasteiger charge is -2.15. The SMILES string of the molecule is Cc1cc(C)c(Cn2c(CCCNC(=O)c3ccccc3Cl)nc3ccccc32)c(C)c1. The van der Waals surface area contributed by atoms with Crippen LogP contribution in [0.2, 0.25) is 5.02 Å². The van der Waals surface area contributed by atoms with Gasteiger partial charge in [-0.3, -0.25) is 4.79 Å². The van der Waals surface area contributed by atoms with Crippen molar-refractivity contribution >= 4 is 28.5 Å². The molecule has 0 atom stereocenters. The zero-order valence-electron chi connectivity index (χ0n) is 18.8. The van der Waals surface area contributed by atoms with Crippen molar-refractivity contribution in [1.82, 2.24) is 14.9 Å². The molecule has 4 rings (SSSR count). The van der Waals surface area contributed by atoms with E-state index < -0.39 is 0 Å². The molecule has 0 aliphatic carbocycles. The van der Waals surface area contributed by atoms with E-state index in [2.05, 4.69) is 61.0 Å². The van der Waals surface area contributed by atoms with Crippen LogP contribution in [0, 0.1) is 20.8 Å². The average molecular weight is 446 g/mol. The molecule has 0 aliphatic heterocycles. The number of carbonyl (C=O) groups is 1. The molecule has 0 fully saturated rings. The second kappa shape index (κ2) is 9.58. The zero-order chi connectivity index (χ0) is 22.7. The monoisotopic (exact) mass is 445 g/mol. The van der Waals surface area contributed by atoms with Crippen LogP contribution in [0.5, 0.6) is 0 Å². The molecule has 0 unspecified atom stereocenters. The number of nitrogens with zero attached hydrogens (tertiary/aromatic N) is 2. The number of hydrogen-bond donors (Lipinski definition) is 1. The Kier molecular flexibility index (Phi) is 6.61. The predicted molar refractivity (Wildman–Crippen MR) is 132 cm³/mol. The Balaban J connectivity index is 1.51. The highest BCUT2D eigenvalue weighted by Crippen LogP contribution is 2.23. The Labute approximate surface area is 194 Å². The first-order valence-corrected chi connectivity index (χ1v) is 11.4. The van der Waals surface area contributed by atoms with Crippen molar-refractivity contribution in [2.45, 2.75) is 40.2 Å². The zero-order valence-corrected chi connectivity index (χ0v) is 19.5. The van der Waals surface area contributed by atoms with Crippen molar-refractivity contribution in [3.63, 3.8) is 0 Å². The minimum absolute atomic E-state index is 0.144. The van der Waals surface area contributed by atoms with Crippen LogP contribution in [0.4, 0.5) is 0 Å². The summed E-state index contributed by atoms with van der Waals surface area (Å²) in [6, 6.07) is 19.9. The maximum atomic E-state index is 12.4. The molecule has 32 heavy (non-hydrogen) atoms. The number of aromatic nitrogens is 2. The molecule has 0 bridgehead atoms. The van der Waals surface area contributed by atoms with Crippen LogP contribution in [-0.2, 0) is 13.0 Å². The van der Waals surface area contributed by atoms with E-state index in [0.717, 1.165) is 36.2 Å².